The Morgan fingerprint density at radius 3 is 2.58 bits per heavy atom. The van der Waals surface area contributed by atoms with E-state index >= 15 is 0 Å². The van der Waals surface area contributed by atoms with Crippen LogP contribution in [0.5, 0.6) is 0 Å². The summed E-state index contributed by atoms with van der Waals surface area (Å²) in [4.78, 5) is 15.8. The molecule has 1 aliphatic heterocycles. The molecule has 0 bridgehead atoms. The van der Waals surface area contributed by atoms with Gasteiger partial charge in [-0.05, 0) is 80.0 Å². The van der Waals surface area contributed by atoms with E-state index in [9.17, 15) is 13.2 Å². The number of allylic oxidation sites excluding steroid dienone is 3. The van der Waals surface area contributed by atoms with Crippen LogP contribution < -0.4 is 0 Å². The van der Waals surface area contributed by atoms with Crippen LogP contribution in [0.4, 0.5) is 0 Å². The molecule has 0 aromatic heterocycles. The predicted molar refractivity (Wildman–Crippen MR) is 138 cm³/mol. The van der Waals surface area contributed by atoms with Gasteiger partial charge in [0.25, 0.3) is 0 Å². The van der Waals surface area contributed by atoms with Crippen LogP contribution in [0.15, 0.2) is 53.7 Å². The summed E-state index contributed by atoms with van der Waals surface area (Å²) in [6.45, 7) is 8.47. The highest BCUT2D eigenvalue weighted by atomic mass is 35.5. The Labute approximate surface area is 203 Å². The topological polar surface area (TPSA) is 87.0 Å². The molecule has 1 heterocycles. The van der Waals surface area contributed by atoms with Crippen molar-refractivity contribution in [3.05, 3.63) is 64.9 Å². The lowest BCUT2D eigenvalue weighted by atomic mass is 9.76. The highest BCUT2D eigenvalue weighted by molar-refractivity contribution is 7.88. The SMILES string of the molecule is C=CN=C(/C=C\C)C(c1ccc(Cl)cc1/C=C(\C)C=O)C1CCCN(S(C)(=O)=O)CC1.CO. The van der Waals surface area contributed by atoms with Gasteiger partial charge in [-0.1, -0.05) is 30.3 Å². The van der Waals surface area contributed by atoms with E-state index in [4.69, 9.17) is 16.7 Å². The van der Waals surface area contributed by atoms with Gasteiger partial charge in [-0.15, -0.1) is 0 Å². The standard InChI is InChI=1S/C24H31ClN2O3S.CH4O/c1-5-8-23(26-6-2)24(19-9-7-13-27(14-12-19)31(4,29)30)22-11-10-21(25)16-20(22)15-18(3)17-28;1-2/h5-6,8,10-11,15-17,19,24H,2,7,9,12-14H2,1,3-4H3;2H,1H3/b8-5-,18-15+,26-23?;. The monoisotopic (exact) mass is 494 g/mol. The van der Waals surface area contributed by atoms with Crippen molar-refractivity contribution in [3.8, 4) is 0 Å². The Bertz CT molecular complexity index is 1000. The second-order valence-electron chi connectivity index (χ2n) is 7.85. The van der Waals surface area contributed by atoms with Crippen LogP contribution in [0.1, 0.15) is 50.2 Å². The number of rotatable bonds is 8. The number of sulfonamides is 1. The lowest BCUT2D eigenvalue weighted by Gasteiger charge is -2.28. The molecule has 33 heavy (non-hydrogen) atoms. The lowest BCUT2D eigenvalue weighted by molar-refractivity contribution is -0.104. The maximum atomic E-state index is 12.1. The summed E-state index contributed by atoms with van der Waals surface area (Å²) in [5.74, 6) is 0.0863. The number of carbonyl (C=O) groups excluding carboxylic acids is 1. The zero-order chi connectivity index (χ0) is 25.0. The molecule has 0 aliphatic carbocycles. The highest BCUT2D eigenvalue weighted by Crippen LogP contribution is 2.38. The van der Waals surface area contributed by atoms with Gasteiger partial charge in [0.15, 0.2) is 0 Å². The second-order valence-corrected chi connectivity index (χ2v) is 10.3. The minimum atomic E-state index is -3.23. The number of hydrogen-bond donors (Lipinski definition) is 1. The van der Waals surface area contributed by atoms with Crippen LogP contribution in [0.25, 0.3) is 6.08 Å². The highest BCUT2D eigenvalue weighted by Gasteiger charge is 2.32. The number of aldehydes is 1. The third-order valence-corrected chi connectivity index (χ3v) is 7.06. The molecule has 1 N–H and O–H groups in total. The van der Waals surface area contributed by atoms with Gasteiger partial charge in [0, 0.05) is 43.1 Å². The predicted octanol–water partition coefficient (Wildman–Crippen LogP) is 4.86. The fourth-order valence-corrected chi connectivity index (χ4v) is 5.23. The second kappa shape index (κ2) is 14.3. The van der Waals surface area contributed by atoms with Crippen LogP contribution >= 0.6 is 11.6 Å². The van der Waals surface area contributed by atoms with Crippen molar-refractivity contribution >= 4 is 39.7 Å². The van der Waals surface area contributed by atoms with E-state index in [1.165, 1.54) is 12.5 Å². The number of aliphatic hydroxyl groups is 1. The Morgan fingerprint density at radius 2 is 2.00 bits per heavy atom. The van der Waals surface area contributed by atoms with Crippen LogP contribution in [0, 0.1) is 5.92 Å². The molecule has 2 unspecified atom stereocenters. The molecule has 1 aromatic rings. The van der Waals surface area contributed by atoms with E-state index in [-0.39, 0.29) is 11.8 Å². The normalized spacial score (nSPS) is 19.4. The van der Waals surface area contributed by atoms with Crippen molar-refractivity contribution in [3.63, 3.8) is 0 Å². The minimum absolute atomic E-state index is 0.0864. The summed E-state index contributed by atoms with van der Waals surface area (Å²) in [6, 6.07) is 5.69. The Balaban J connectivity index is 0.00000265. The molecular weight excluding hydrogens is 460 g/mol. The van der Waals surface area contributed by atoms with Crippen molar-refractivity contribution in [2.45, 2.75) is 39.0 Å². The molecule has 2 rings (SSSR count). The van der Waals surface area contributed by atoms with Crippen LogP contribution in [0.3, 0.4) is 0 Å². The largest absolute Gasteiger partial charge is 0.400 e. The van der Waals surface area contributed by atoms with E-state index < -0.39 is 10.0 Å². The average Bonchev–Trinajstić information content (AvgIpc) is 3.03. The van der Waals surface area contributed by atoms with Crippen LogP contribution in [-0.4, -0.2) is 56.3 Å². The maximum absolute atomic E-state index is 12.1. The number of aliphatic imine (C=N–C) groups is 1. The zero-order valence-electron chi connectivity index (χ0n) is 19.9. The number of nitrogens with zero attached hydrogens (tertiary/aromatic N) is 2. The van der Waals surface area contributed by atoms with Crippen molar-refractivity contribution in [1.82, 2.24) is 4.31 Å². The molecular formula is C25H35ClN2O4S. The molecule has 6 nitrogen and oxygen atoms in total. The number of carbonyl (C=O) groups is 1. The number of halogens is 1. The molecule has 0 amide bonds. The smallest absolute Gasteiger partial charge is 0.211 e. The summed E-state index contributed by atoms with van der Waals surface area (Å²) in [6.07, 6.45) is 11.7. The van der Waals surface area contributed by atoms with Gasteiger partial charge in [0.2, 0.25) is 10.0 Å². The summed E-state index contributed by atoms with van der Waals surface area (Å²) in [7, 11) is -2.23. The Kier molecular flexibility index (Phi) is 12.5. The molecule has 1 saturated heterocycles. The summed E-state index contributed by atoms with van der Waals surface area (Å²) >= 11 is 6.28. The maximum Gasteiger partial charge on any atom is 0.211 e. The van der Waals surface area contributed by atoms with Gasteiger partial charge in [-0.3, -0.25) is 9.79 Å². The van der Waals surface area contributed by atoms with Crippen LogP contribution in [0.2, 0.25) is 5.02 Å². The first-order valence-corrected chi connectivity index (χ1v) is 13.1. The third-order valence-electron chi connectivity index (χ3n) is 5.52. The molecule has 1 aliphatic rings. The van der Waals surface area contributed by atoms with E-state index in [1.54, 1.807) is 11.2 Å². The number of hydrogen-bond acceptors (Lipinski definition) is 5. The number of aliphatic hydroxyl groups excluding tert-OH is 1. The molecule has 0 saturated carbocycles. The molecule has 182 valence electrons. The minimum Gasteiger partial charge on any atom is -0.400 e. The first-order valence-electron chi connectivity index (χ1n) is 10.8. The Hall–Kier alpha value is -2.06. The molecule has 1 fully saturated rings. The van der Waals surface area contributed by atoms with Crippen molar-refractivity contribution in [1.29, 1.82) is 0 Å². The summed E-state index contributed by atoms with van der Waals surface area (Å²) < 4.78 is 25.7. The summed E-state index contributed by atoms with van der Waals surface area (Å²) in [5.41, 5.74) is 3.34. The fraction of sp³-hybridized carbons (Fsp3) is 0.440. The molecule has 1 aromatic carbocycles. The molecule has 2 atom stereocenters. The molecule has 0 spiro atoms. The van der Waals surface area contributed by atoms with E-state index in [2.05, 4.69) is 11.6 Å². The van der Waals surface area contributed by atoms with Gasteiger partial charge in [0.05, 0.1) is 6.26 Å². The molecule has 8 heteroatoms. The lowest BCUT2D eigenvalue weighted by Crippen LogP contribution is -2.31. The van der Waals surface area contributed by atoms with Gasteiger partial charge in [-0.2, -0.15) is 0 Å². The van der Waals surface area contributed by atoms with E-state index in [0.717, 1.165) is 43.1 Å². The first kappa shape index (κ1) is 29.0. The zero-order valence-corrected chi connectivity index (χ0v) is 21.4. The first-order chi connectivity index (χ1) is 15.7. The van der Waals surface area contributed by atoms with Crippen LogP contribution in [-0.2, 0) is 14.8 Å². The van der Waals surface area contributed by atoms with Gasteiger partial charge in [0.1, 0.15) is 6.29 Å². The quantitative estimate of drug-likeness (QED) is 0.317. The van der Waals surface area contributed by atoms with Gasteiger partial charge >= 0.3 is 0 Å². The average molecular weight is 495 g/mol. The van der Waals surface area contributed by atoms with Gasteiger partial charge in [-0.25, -0.2) is 12.7 Å². The Morgan fingerprint density at radius 1 is 1.30 bits per heavy atom. The van der Waals surface area contributed by atoms with Crippen molar-refractivity contribution in [2.75, 3.05) is 26.5 Å². The van der Waals surface area contributed by atoms with E-state index in [0.29, 0.717) is 30.1 Å². The summed E-state index contributed by atoms with van der Waals surface area (Å²) in [5, 5.41) is 7.59. The third kappa shape index (κ3) is 8.66. The van der Waals surface area contributed by atoms with Crippen molar-refractivity contribution in [2.24, 2.45) is 10.9 Å². The fourth-order valence-electron chi connectivity index (χ4n) is 4.15. The number of benzene rings is 1. The van der Waals surface area contributed by atoms with Crippen molar-refractivity contribution < 1.29 is 18.3 Å². The van der Waals surface area contributed by atoms with E-state index in [1.807, 2.05) is 43.4 Å². The van der Waals surface area contributed by atoms with Gasteiger partial charge < -0.3 is 5.11 Å². The molecule has 0 radical (unpaired) electrons.